The lowest BCUT2D eigenvalue weighted by atomic mass is 11.1. The zero-order chi connectivity index (χ0) is 7.07. The lowest BCUT2D eigenvalue weighted by Gasteiger charge is -1.96. The Hall–Kier alpha value is -1.68. The van der Waals surface area contributed by atoms with Crippen LogP contribution in [-0.4, -0.2) is 13.6 Å². The van der Waals surface area contributed by atoms with Gasteiger partial charge < -0.3 is 18.9 Å². The van der Waals surface area contributed by atoms with Gasteiger partial charge in [-0.2, -0.15) is 0 Å². The largest absolute Gasteiger partial charge is 0.404 e. The minimum absolute atomic E-state index is 0.00722. The fraction of sp³-hybridized carbons (Fsp3) is 0.333. The highest BCUT2D eigenvalue weighted by molar-refractivity contribution is 4.83. The van der Waals surface area contributed by atoms with Crippen molar-refractivity contribution in [3.63, 3.8) is 0 Å². The van der Waals surface area contributed by atoms with Gasteiger partial charge in [0.25, 0.3) is 13.6 Å². The van der Waals surface area contributed by atoms with E-state index >= 15 is 0 Å². The maximum Gasteiger partial charge on any atom is 0.251 e. The second-order valence-corrected chi connectivity index (χ2v) is 1.22. The van der Waals surface area contributed by atoms with Crippen LogP contribution in [0.1, 0.15) is 0 Å². The first-order chi connectivity index (χ1) is 5.00. The standard InChI is InChI=1S/C6H4O4/c1-2-8-6-10-4-3-9-5-7-1/h5-6H2. The first-order valence-electron chi connectivity index (χ1n) is 2.47. The Morgan fingerprint density at radius 1 is 0.600 bits per heavy atom. The van der Waals surface area contributed by atoms with E-state index in [1.54, 1.807) is 0 Å². The van der Waals surface area contributed by atoms with Crippen LogP contribution in [0.4, 0.5) is 0 Å². The normalized spacial score (nSPS) is 14.4. The molecule has 0 spiro atoms. The summed E-state index contributed by atoms with van der Waals surface area (Å²) in [5, 5.41) is 0. The summed E-state index contributed by atoms with van der Waals surface area (Å²) < 4.78 is 18.2. The van der Waals surface area contributed by atoms with E-state index in [1.165, 1.54) is 0 Å². The van der Waals surface area contributed by atoms with Crippen LogP contribution in [0.25, 0.3) is 0 Å². The highest BCUT2D eigenvalue weighted by Gasteiger charge is 1.82. The van der Waals surface area contributed by atoms with Crippen LogP contribution in [0.3, 0.4) is 0 Å². The van der Waals surface area contributed by atoms with E-state index in [9.17, 15) is 0 Å². The van der Waals surface area contributed by atoms with Gasteiger partial charge in [0.15, 0.2) is 24.4 Å². The third-order valence-corrected chi connectivity index (χ3v) is 0.608. The van der Waals surface area contributed by atoms with Crippen molar-refractivity contribution in [3.05, 3.63) is 0 Å². The lowest BCUT2D eigenvalue weighted by Crippen LogP contribution is -1.95. The molecule has 0 saturated carbocycles. The van der Waals surface area contributed by atoms with Crippen molar-refractivity contribution < 1.29 is 18.9 Å². The third-order valence-electron chi connectivity index (χ3n) is 0.608. The summed E-state index contributed by atoms with van der Waals surface area (Å²) in [6.45, 7) is -0.0144. The maximum absolute atomic E-state index is 4.54. The molecule has 4 heteroatoms. The first kappa shape index (κ1) is 6.44. The van der Waals surface area contributed by atoms with Gasteiger partial charge in [0.1, 0.15) is 0 Å². The molecule has 1 aliphatic rings. The Kier molecular flexibility index (Phi) is 2.72. The van der Waals surface area contributed by atoms with Crippen molar-refractivity contribution in [2.75, 3.05) is 13.6 Å². The van der Waals surface area contributed by atoms with Crippen molar-refractivity contribution >= 4 is 0 Å². The molecule has 4 nitrogen and oxygen atoms in total. The van der Waals surface area contributed by atoms with E-state index in [4.69, 9.17) is 0 Å². The van der Waals surface area contributed by atoms with Gasteiger partial charge in [-0.3, -0.25) is 0 Å². The molecular weight excluding hydrogens is 136 g/mol. The molecule has 1 rings (SSSR count). The summed E-state index contributed by atoms with van der Waals surface area (Å²) in [6.07, 6.45) is 8.84. The van der Waals surface area contributed by atoms with Crippen LogP contribution in [0.2, 0.25) is 0 Å². The van der Waals surface area contributed by atoms with Crippen LogP contribution in [0.5, 0.6) is 0 Å². The molecule has 0 aromatic rings. The average Bonchev–Trinajstić information content (AvgIpc) is 2.01. The number of ether oxygens (including phenoxy) is 4. The lowest BCUT2D eigenvalue weighted by molar-refractivity contribution is 0.0421. The highest BCUT2D eigenvalue weighted by Crippen LogP contribution is 1.78. The molecule has 10 heavy (non-hydrogen) atoms. The molecule has 52 valence electrons. The van der Waals surface area contributed by atoms with E-state index in [0.717, 1.165) is 0 Å². The van der Waals surface area contributed by atoms with Crippen LogP contribution in [0, 0.1) is 24.4 Å². The fourth-order valence-electron chi connectivity index (χ4n) is 0.295. The maximum atomic E-state index is 4.54. The molecule has 0 saturated heterocycles. The monoisotopic (exact) mass is 140 g/mol. The summed E-state index contributed by atoms with van der Waals surface area (Å²) >= 11 is 0. The Morgan fingerprint density at radius 2 is 0.900 bits per heavy atom. The molecule has 0 radical (unpaired) electrons. The molecule has 0 unspecified atom stereocenters. The second-order valence-electron chi connectivity index (χ2n) is 1.22. The molecule has 1 heterocycles. The van der Waals surface area contributed by atoms with Gasteiger partial charge in [-0.25, -0.2) is 0 Å². The minimum Gasteiger partial charge on any atom is -0.404 e. The van der Waals surface area contributed by atoms with Crippen LogP contribution in [-0.2, 0) is 18.9 Å². The zero-order valence-electron chi connectivity index (χ0n) is 5.05. The van der Waals surface area contributed by atoms with Crippen molar-refractivity contribution in [2.45, 2.75) is 0 Å². The van der Waals surface area contributed by atoms with Crippen LogP contribution < -0.4 is 0 Å². The zero-order valence-corrected chi connectivity index (χ0v) is 5.05. The Bertz CT molecular complexity index is 161. The van der Waals surface area contributed by atoms with Crippen molar-refractivity contribution in [1.29, 1.82) is 0 Å². The Morgan fingerprint density at radius 3 is 1.20 bits per heavy atom. The van der Waals surface area contributed by atoms with E-state index in [-0.39, 0.29) is 13.6 Å². The Labute approximate surface area is 58.0 Å². The summed E-state index contributed by atoms with van der Waals surface area (Å²) in [5.41, 5.74) is 0. The topological polar surface area (TPSA) is 36.9 Å². The number of hydrogen-bond acceptors (Lipinski definition) is 4. The molecule has 0 aromatic heterocycles. The van der Waals surface area contributed by atoms with Crippen molar-refractivity contribution in [2.24, 2.45) is 0 Å². The van der Waals surface area contributed by atoms with E-state index in [2.05, 4.69) is 43.4 Å². The van der Waals surface area contributed by atoms with E-state index < -0.39 is 0 Å². The molecule has 0 aliphatic carbocycles. The summed E-state index contributed by atoms with van der Waals surface area (Å²) in [6, 6.07) is 0. The second kappa shape index (κ2) is 4.22. The quantitative estimate of drug-likeness (QED) is 0.437. The van der Waals surface area contributed by atoms with E-state index in [0.29, 0.717) is 0 Å². The van der Waals surface area contributed by atoms with Gasteiger partial charge in [-0.05, 0) is 0 Å². The van der Waals surface area contributed by atoms with Gasteiger partial charge in [-0.15, -0.1) is 0 Å². The van der Waals surface area contributed by atoms with Crippen molar-refractivity contribution in [3.8, 4) is 24.4 Å². The SMILES string of the molecule is C1#COCOC#COCO1. The van der Waals surface area contributed by atoms with Gasteiger partial charge in [-0.1, -0.05) is 0 Å². The predicted molar refractivity (Wildman–Crippen MR) is 29.6 cm³/mol. The molecule has 0 N–H and O–H groups in total. The van der Waals surface area contributed by atoms with Gasteiger partial charge >= 0.3 is 0 Å². The molecule has 0 bridgehead atoms. The van der Waals surface area contributed by atoms with Gasteiger partial charge in [0.2, 0.25) is 0 Å². The predicted octanol–water partition coefficient (Wildman–Crippen LogP) is -0.182. The minimum atomic E-state index is -0.00722. The molecular formula is C6H4O4. The molecule has 0 fully saturated rings. The summed E-state index contributed by atoms with van der Waals surface area (Å²) in [5.74, 6) is 0. The van der Waals surface area contributed by atoms with Crippen molar-refractivity contribution in [1.82, 2.24) is 0 Å². The Balaban J connectivity index is 2.31. The fourth-order valence-corrected chi connectivity index (χ4v) is 0.295. The van der Waals surface area contributed by atoms with Crippen LogP contribution in [0.15, 0.2) is 0 Å². The molecule has 1 aliphatic heterocycles. The number of hydrogen-bond donors (Lipinski definition) is 0. The summed E-state index contributed by atoms with van der Waals surface area (Å²) in [7, 11) is 0. The molecule has 0 amide bonds. The highest BCUT2D eigenvalue weighted by atomic mass is 16.7. The van der Waals surface area contributed by atoms with E-state index in [1.807, 2.05) is 0 Å². The third kappa shape index (κ3) is 2.58. The smallest absolute Gasteiger partial charge is 0.251 e. The van der Waals surface area contributed by atoms with Gasteiger partial charge in [0, 0.05) is 0 Å². The van der Waals surface area contributed by atoms with Gasteiger partial charge in [0.05, 0.1) is 0 Å². The molecule has 0 aromatic carbocycles. The van der Waals surface area contributed by atoms with Crippen LogP contribution >= 0.6 is 0 Å². The molecule has 0 atom stereocenters. The first-order valence-corrected chi connectivity index (χ1v) is 2.47. The summed E-state index contributed by atoms with van der Waals surface area (Å²) in [4.78, 5) is 0. The average molecular weight is 140 g/mol. The number of rotatable bonds is 0.